The van der Waals surface area contributed by atoms with E-state index in [1.807, 2.05) is 13.8 Å². The van der Waals surface area contributed by atoms with Gasteiger partial charge in [-0.05, 0) is 48.1 Å². The Labute approximate surface area is 174 Å². The molecule has 28 heavy (non-hydrogen) atoms. The maximum Gasteiger partial charge on any atom is 0.309 e. The quantitative estimate of drug-likeness (QED) is 0.614. The summed E-state index contributed by atoms with van der Waals surface area (Å²) in [5.74, 6) is -1.22. The SMILES string of the molecule is CC(C)CCNC(=O)C(=O)NC[C@H](c1cccs1)S(=O)(=O)c1ccc(Cl)cc1. The number of rotatable bonds is 8. The van der Waals surface area contributed by atoms with E-state index >= 15 is 0 Å². The minimum atomic E-state index is -3.78. The van der Waals surface area contributed by atoms with Crippen molar-refractivity contribution in [2.45, 2.75) is 30.4 Å². The normalized spacial score (nSPS) is 12.6. The highest BCUT2D eigenvalue weighted by Crippen LogP contribution is 2.31. The van der Waals surface area contributed by atoms with Crippen LogP contribution in [0.3, 0.4) is 0 Å². The lowest BCUT2D eigenvalue weighted by Gasteiger charge is -2.17. The van der Waals surface area contributed by atoms with Gasteiger partial charge >= 0.3 is 11.8 Å². The van der Waals surface area contributed by atoms with Crippen LogP contribution in [0.1, 0.15) is 30.4 Å². The molecule has 0 aliphatic rings. The molecular weight excluding hydrogens is 420 g/mol. The molecule has 0 bridgehead atoms. The molecule has 0 saturated heterocycles. The van der Waals surface area contributed by atoms with Crippen LogP contribution in [-0.2, 0) is 19.4 Å². The summed E-state index contributed by atoms with van der Waals surface area (Å²) < 4.78 is 26.2. The molecule has 1 aromatic carbocycles. The fourth-order valence-electron chi connectivity index (χ4n) is 2.45. The first-order valence-corrected chi connectivity index (χ1v) is 11.6. The molecule has 0 fully saturated rings. The molecule has 2 rings (SSSR count). The zero-order chi connectivity index (χ0) is 20.7. The van der Waals surface area contributed by atoms with Crippen molar-refractivity contribution in [3.8, 4) is 0 Å². The Balaban J connectivity index is 2.11. The van der Waals surface area contributed by atoms with Gasteiger partial charge in [0.05, 0.1) is 4.90 Å². The monoisotopic (exact) mass is 442 g/mol. The molecule has 0 aliphatic carbocycles. The molecule has 2 N–H and O–H groups in total. The predicted octanol–water partition coefficient (Wildman–Crippen LogP) is 3.20. The summed E-state index contributed by atoms with van der Waals surface area (Å²) in [6, 6.07) is 9.29. The van der Waals surface area contributed by atoms with E-state index in [9.17, 15) is 18.0 Å². The van der Waals surface area contributed by atoms with Crippen molar-refractivity contribution in [2.24, 2.45) is 5.92 Å². The molecule has 9 heteroatoms. The van der Waals surface area contributed by atoms with Gasteiger partial charge in [0.1, 0.15) is 5.25 Å². The summed E-state index contributed by atoms with van der Waals surface area (Å²) in [6.07, 6.45) is 0.752. The lowest BCUT2D eigenvalue weighted by atomic mass is 10.1. The molecule has 0 spiro atoms. The van der Waals surface area contributed by atoms with E-state index in [2.05, 4.69) is 10.6 Å². The Hall–Kier alpha value is -1.90. The number of hydrogen-bond donors (Lipinski definition) is 2. The molecule has 0 radical (unpaired) electrons. The zero-order valence-corrected chi connectivity index (χ0v) is 18.0. The number of benzene rings is 1. The van der Waals surface area contributed by atoms with Crippen molar-refractivity contribution in [1.29, 1.82) is 0 Å². The largest absolute Gasteiger partial charge is 0.348 e. The molecular formula is C19H23ClN2O4S2. The summed E-state index contributed by atoms with van der Waals surface area (Å²) in [5, 5.41) is 6.18. The zero-order valence-electron chi connectivity index (χ0n) is 15.6. The Morgan fingerprint density at radius 3 is 2.29 bits per heavy atom. The molecule has 0 saturated carbocycles. The number of carbonyl (C=O) groups excluding carboxylic acids is 2. The number of thiophene rings is 1. The van der Waals surface area contributed by atoms with Crippen molar-refractivity contribution >= 4 is 44.6 Å². The molecule has 0 aliphatic heterocycles. The Kier molecular flexibility index (Phi) is 8.03. The van der Waals surface area contributed by atoms with Gasteiger partial charge in [-0.1, -0.05) is 31.5 Å². The van der Waals surface area contributed by atoms with Crippen LogP contribution in [0.25, 0.3) is 0 Å². The maximum atomic E-state index is 13.1. The van der Waals surface area contributed by atoms with Gasteiger partial charge in [0.15, 0.2) is 9.84 Å². The predicted molar refractivity (Wildman–Crippen MR) is 111 cm³/mol. The average Bonchev–Trinajstić information content (AvgIpc) is 3.15. The Morgan fingerprint density at radius 2 is 1.71 bits per heavy atom. The van der Waals surface area contributed by atoms with E-state index in [1.165, 1.54) is 35.6 Å². The molecule has 1 atom stereocenters. The highest BCUT2D eigenvalue weighted by molar-refractivity contribution is 7.91. The third-order valence-corrected chi connectivity index (χ3v) is 7.52. The van der Waals surface area contributed by atoms with Gasteiger partial charge in [0, 0.05) is 23.0 Å². The van der Waals surface area contributed by atoms with E-state index in [0.29, 0.717) is 22.4 Å². The van der Waals surface area contributed by atoms with E-state index in [0.717, 1.165) is 6.42 Å². The standard InChI is InChI=1S/C19H23ClN2O4S2/c1-13(2)9-10-21-18(23)19(24)22-12-17(16-4-3-11-27-16)28(25,26)15-7-5-14(20)6-8-15/h3-8,11,13,17H,9-10,12H2,1-2H3,(H,21,23)(H,22,24)/t17-/m1/s1. The van der Waals surface area contributed by atoms with Crippen LogP contribution in [0.4, 0.5) is 0 Å². The molecule has 2 aromatic rings. The average molecular weight is 443 g/mol. The Morgan fingerprint density at radius 1 is 1.07 bits per heavy atom. The van der Waals surface area contributed by atoms with Gasteiger partial charge in [-0.3, -0.25) is 9.59 Å². The van der Waals surface area contributed by atoms with Gasteiger partial charge in [-0.25, -0.2) is 8.42 Å². The second-order valence-electron chi connectivity index (χ2n) is 6.65. The molecule has 152 valence electrons. The van der Waals surface area contributed by atoms with Gasteiger partial charge in [-0.2, -0.15) is 0 Å². The minimum Gasteiger partial charge on any atom is -0.348 e. The summed E-state index contributed by atoms with van der Waals surface area (Å²) in [7, 11) is -3.78. The van der Waals surface area contributed by atoms with E-state index in [4.69, 9.17) is 11.6 Å². The molecule has 0 unspecified atom stereocenters. The lowest BCUT2D eigenvalue weighted by molar-refractivity contribution is -0.139. The molecule has 1 heterocycles. The first-order valence-electron chi connectivity index (χ1n) is 8.80. The number of sulfone groups is 1. The van der Waals surface area contributed by atoms with E-state index in [1.54, 1.807) is 17.5 Å². The second-order valence-corrected chi connectivity index (χ2v) is 10.2. The number of carbonyl (C=O) groups is 2. The van der Waals surface area contributed by atoms with Crippen LogP contribution in [0.2, 0.25) is 5.02 Å². The van der Waals surface area contributed by atoms with Crippen LogP contribution >= 0.6 is 22.9 Å². The Bertz CT molecular complexity index is 895. The van der Waals surface area contributed by atoms with Gasteiger partial charge in [0.25, 0.3) is 0 Å². The maximum absolute atomic E-state index is 13.1. The molecule has 1 aromatic heterocycles. The van der Waals surface area contributed by atoms with Crippen molar-refractivity contribution in [3.05, 3.63) is 51.7 Å². The number of nitrogens with one attached hydrogen (secondary N) is 2. The number of amides is 2. The van der Waals surface area contributed by atoms with Gasteiger partial charge < -0.3 is 10.6 Å². The van der Waals surface area contributed by atoms with Gasteiger partial charge in [0.2, 0.25) is 0 Å². The highest BCUT2D eigenvalue weighted by atomic mass is 35.5. The highest BCUT2D eigenvalue weighted by Gasteiger charge is 2.31. The third-order valence-electron chi connectivity index (χ3n) is 4.04. The van der Waals surface area contributed by atoms with Crippen LogP contribution in [0.5, 0.6) is 0 Å². The fourth-order valence-corrected chi connectivity index (χ4v) is 5.36. The van der Waals surface area contributed by atoms with E-state index < -0.39 is 26.9 Å². The van der Waals surface area contributed by atoms with Crippen molar-refractivity contribution in [2.75, 3.05) is 13.1 Å². The minimum absolute atomic E-state index is 0.103. The number of halogens is 1. The molecule has 6 nitrogen and oxygen atoms in total. The van der Waals surface area contributed by atoms with Crippen LogP contribution in [0.15, 0.2) is 46.7 Å². The fraction of sp³-hybridized carbons (Fsp3) is 0.368. The van der Waals surface area contributed by atoms with E-state index in [-0.39, 0.29) is 11.4 Å². The van der Waals surface area contributed by atoms with Crippen molar-refractivity contribution in [1.82, 2.24) is 10.6 Å². The summed E-state index contributed by atoms with van der Waals surface area (Å²) >= 11 is 7.12. The summed E-state index contributed by atoms with van der Waals surface area (Å²) in [5.41, 5.74) is 0. The van der Waals surface area contributed by atoms with Crippen LogP contribution in [0, 0.1) is 5.92 Å². The van der Waals surface area contributed by atoms with Crippen LogP contribution in [-0.4, -0.2) is 33.3 Å². The topological polar surface area (TPSA) is 92.3 Å². The summed E-state index contributed by atoms with van der Waals surface area (Å²) in [4.78, 5) is 24.6. The first-order chi connectivity index (χ1) is 13.2. The smallest absolute Gasteiger partial charge is 0.309 e. The summed E-state index contributed by atoms with van der Waals surface area (Å²) in [6.45, 7) is 4.21. The van der Waals surface area contributed by atoms with Gasteiger partial charge in [-0.15, -0.1) is 11.3 Å². The van der Waals surface area contributed by atoms with Crippen LogP contribution < -0.4 is 10.6 Å². The van der Waals surface area contributed by atoms with Crippen molar-refractivity contribution < 1.29 is 18.0 Å². The molecule has 2 amide bonds. The number of hydrogen-bond acceptors (Lipinski definition) is 5. The lowest BCUT2D eigenvalue weighted by Crippen LogP contribution is -2.42. The van der Waals surface area contributed by atoms with Crippen molar-refractivity contribution in [3.63, 3.8) is 0 Å². The second kappa shape index (κ2) is 10.0. The third kappa shape index (κ3) is 6.05. The first kappa shape index (κ1) is 22.4.